The summed E-state index contributed by atoms with van der Waals surface area (Å²) in [6.07, 6.45) is 2.82. The van der Waals surface area contributed by atoms with Crippen molar-refractivity contribution in [2.45, 2.75) is 10.6 Å². The normalized spacial score (nSPS) is 11.7. The van der Waals surface area contributed by atoms with Gasteiger partial charge in [0.25, 0.3) is 10.0 Å². The number of nitrogens with one attached hydrogen (secondary N) is 2. The molecule has 0 atom stereocenters. The Kier molecular flexibility index (Phi) is 5.38. The second-order valence-corrected chi connectivity index (χ2v) is 8.95. The molecule has 0 bridgehead atoms. The lowest BCUT2D eigenvalue weighted by Gasteiger charge is -2.10. The number of nitrogens with zero attached hydrogens (tertiary/aromatic N) is 2. The number of rotatable bonds is 7. The molecule has 0 aliphatic heterocycles. The van der Waals surface area contributed by atoms with E-state index in [1.807, 2.05) is 0 Å². The van der Waals surface area contributed by atoms with Crippen LogP contribution in [-0.4, -0.2) is 26.8 Å². The van der Waals surface area contributed by atoms with Gasteiger partial charge in [0, 0.05) is 18.1 Å². The summed E-state index contributed by atoms with van der Waals surface area (Å²) in [5.41, 5.74) is 0.914. The van der Waals surface area contributed by atoms with Crippen LogP contribution in [0.4, 0.5) is 11.6 Å². The predicted octanol–water partition coefficient (Wildman–Crippen LogP) is 2.22. The largest absolute Gasteiger partial charge is 0.283 e. The van der Waals surface area contributed by atoms with Crippen LogP contribution in [0, 0.1) is 0 Å². The summed E-state index contributed by atoms with van der Waals surface area (Å²) < 4.78 is 53.8. The quantitative estimate of drug-likeness (QED) is 0.623. The maximum Gasteiger partial charge on any atom is 0.264 e. The summed E-state index contributed by atoms with van der Waals surface area (Å²) in [6.45, 7) is 0. The van der Waals surface area contributed by atoms with Crippen molar-refractivity contribution < 1.29 is 16.8 Å². The van der Waals surface area contributed by atoms with Crippen LogP contribution in [-0.2, 0) is 25.8 Å². The van der Waals surface area contributed by atoms with Gasteiger partial charge in [0.2, 0.25) is 16.0 Å². The lowest BCUT2D eigenvalue weighted by molar-refractivity contribution is 0.599. The molecular formula is C17H16N4O4S2. The van der Waals surface area contributed by atoms with Crippen molar-refractivity contribution in [2.75, 3.05) is 9.44 Å². The second kappa shape index (κ2) is 7.72. The van der Waals surface area contributed by atoms with E-state index in [0.29, 0.717) is 5.56 Å². The van der Waals surface area contributed by atoms with Crippen LogP contribution >= 0.6 is 0 Å². The molecule has 1 aromatic heterocycles. The topological polar surface area (TPSA) is 118 Å². The molecule has 0 unspecified atom stereocenters. The lowest BCUT2D eigenvalue weighted by Crippen LogP contribution is -2.16. The molecule has 3 rings (SSSR count). The molecular weight excluding hydrogens is 388 g/mol. The summed E-state index contributed by atoms with van der Waals surface area (Å²) in [6, 6.07) is 15.7. The molecule has 27 heavy (non-hydrogen) atoms. The van der Waals surface area contributed by atoms with Crippen molar-refractivity contribution in [1.29, 1.82) is 0 Å². The summed E-state index contributed by atoms with van der Waals surface area (Å²) >= 11 is 0. The number of anilines is 2. The van der Waals surface area contributed by atoms with E-state index in [0.717, 1.165) is 0 Å². The highest BCUT2D eigenvalue weighted by Crippen LogP contribution is 2.18. The first-order valence-electron chi connectivity index (χ1n) is 7.78. The summed E-state index contributed by atoms with van der Waals surface area (Å²) in [4.78, 5) is 7.56. The lowest BCUT2D eigenvalue weighted by atomic mass is 10.2. The Morgan fingerprint density at radius 2 is 1.37 bits per heavy atom. The van der Waals surface area contributed by atoms with Gasteiger partial charge in [-0.15, -0.1) is 0 Å². The van der Waals surface area contributed by atoms with Crippen molar-refractivity contribution in [1.82, 2.24) is 9.97 Å². The Bertz CT molecular complexity index is 1100. The molecule has 0 aliphatic rings. The van der Waals surface area contributed by atoms with Crippen LogP contribution in [0.25, 0.3) is 0 Å². The van der Waals surface area contributed by atoms with E-state index in [2.05, 4.69) is 19.4 Å². The first kappa shape index (κ1) is 18.8. The molecule has 0 saturated heterocycles. The van der Waals surface area contributed by atoms with Crippen LogP contribution in [0.1, 0.15) is 5.56 Å². The molecule has 10 heteroatoms. The van der Waals surface area contributed by atoms with Gasteiger partial charge in [-0.05, 0) is 35.9 Å². The Hall–Kier alpha value is -2.98. The fraction of sp³-hybridized carbons (Fsp3) is 0.0588. The van der Waals surface area contributed by atoms with Gasteiger partial charge < -0.3 is 0 Å². The maximum atomic E-state index is 12.3. The Morgan fingerprint density at radius 1 is 0.741 bits per heavy atom. The second-order valence-electron chi connectivity index (χ2n) is 5.55. The molecule has 1 heterocycles. The molecule has 140 valence electrons. The van der Waals surface area contributed by atoms with Gasteiger partial charge in [-0.3, -0.25) is 4.72 Å². The van der Waals surface area contributed by atoms with E-state index < -0.39 is 20.0 Å². The van der Waals surface area contributed by atoms with Gasteiger partial charge in [0.15, 0.2) is 0 Å². The van der Waals surface area contributed by atoms with E-state index in [9.17, 15) is 16.8 Å². The zero-order valence-corrected chi connectivity index (χ0v) is 15.6. The van der Waals surface area contributed by atoms with Crippen LogP contribution in [0.2, 0.25) is 0 Å². The summed E-state index contributed by atoms with van der Waals surface area (Å²) in [5, 5.41) is 0. The highest BCUT2D eigenvalue weighted by Gasteiger charge is 2.16. The fourth-order valence-electron chi connectivity index (χ4n) is 2.24. The van der Waals surface area contributed by atoms with Crippen molar-refractivity contribution in [3.8, 4) is 0 Å². The molecule has 0 spiro atoms. The van der Waals surface area contributed by atoms with Gasteiger partial charge in [-0.25, -0.2) is 31.5 Å². The zero-order valence-electron chi connectivity index (χ0n) is 14.0. The number of aromatic nitrogens is 2. The zero-order chi connectivity index (χ0) is 19.3. The van der Waals surface area contributed by atoms with Crippen LogP contribution < -0.4 is 9.44 Å². The molecule has 3 aromatic rings. The van der Waals surface area contributed by atoms with Gasteiger partial charge in [0.05, 0.1) is 10.6 Å². The monoisotopic (exact) mass is 404 g/mol. The van der Waals surface area contributed by atoms with Crippen LogP contribution in [0.15, 0.2) is 78.0 Å². The SMILES string of the molecule is O=S(=O)(Cc1ccccc1)Nc1ccc(S(=O)(=O)Nc2ncccn2)cc1. The minimum atomic E-state index is -3.87. The van der Waals surface area contributed by atoms with Gasteiger partial charge in [-0.1, -0.05) is 30.3 Å². The Labute approximate surface area is 157 Å². The smallest absolute Gasteiger partial charge is 0.264 e. The average molecular weight is 404 g/mol. The van der Waals surface area contributed by atoms with E-state index in [-0.39, 0.29) is 22.3 Å². The number of benzene rings is 2. The molecule has 0 amide bonds. The minimum Gasteiger partial charge on any atom is -0.283 e. The third-order valence-corrected chi connectivity index (χ3v) is 6.03. The van der Waals surface area contributed by atoms with Crippen molar-refractivity contribution in [3.63, 3.8) is 0 Å². The van der Waals surface area contributed by atoms with Crippen molar-refractivity contribution in [2.24, 2.45) is 0 Å². The molecule has 0 fully saturated rings. The first-order valence-corrected chi connectivity index (χ1v) is 10.9. The van der Waals surface area contributed by atoms with Gasteiger partial charge in [0.1, 0.15) is 0 Å². The number of hydrogen-bond acceptors (Lipinski definition) is 6. The standard InChI is InChI=1S/C17H16N4O4S2/c22-26(23,13-14-5-2-1-3-6-14)20-15-7-9-16(10-8-15)27(24,25)21-17-18-11-4-12-19-17/h1-12,20H,13H2,(H,18,19,21). The number of hydrogen-bond donors (Lipinski definition) is 2. The van der Waals surface area contributed by atoms with Crippen molar-refractivity contribution >= 4 is 31.7 Å². The van der Waals surface area contributed by atoms with Gasteiger partial charge in [-0.2, -0.15) is 0 Å². The fourth-order valence-corrected chi connectivity index (χ4v) is 4.40. The molecule has 0 radical (unpaired) electrons. The van der Waals surface area contributed by atoms with Crippen molar-refractivity contribution in [3.05, 3.63) is 78.6 Å². The number of sulfonamides is 2. The third-order valence-electron chi connectivity index (χ3n) is 3.43. The van der Waals surface area contributed by atoms with E-state index >= 15 is 0 Å². The molecule has 0 saturated carbocycles. The molecule has 2 aromatic carbocycles. The minimum absolute atomic E-state index is 0.0408. The van der Waals surface area contributed by atoms with Crippen LogP contribution in [0.5, 0.6) is 0 Å². The highest BCUT2D eigenvalue weighted by atomic mass is 32.2. The van der Waals surface area contributed by atoms with Gasteiger partial charge >= 0.3 is 0 Å². The summed E-state index contributed by atoms with van der Waals surface area (Å²) in [5.74, 6) is -0.231. The predicted molar refractivity (Wildman–Crippen MR) is 102 cm³/mol. The first-order chi connectivity index (χ1) is 12.8. The maximum absolute atomic E-state index is 12.3. The Balaban J connectivity index is 1.71. The average Bonchev–Trinajstić information content (AvgIpc) is 2.63. The molecule has 0 aliphatic carbocycles. The van der Waals surface area contributed by atoms with E-state index in [1.54, 1.807) is 36.4 Å². The Morgan fingerprint density at radius 3 is 2.00 bits per heavy atom. The highest BCUT2D eigenvalue weighted by molar-refractivity contribution is 7.92. The molecule has 2 N–H and O–H groups in total. The third kappa shape index (κ3) is 5.25. The van der Waals surface area contributed by atoms with Crippen LogP contribution in [0.3, 0.4) is 0 Å². The molecule has 8 nitrogen and oxygen atoms in total. The van der Waals surface area contributed by atoms with E-state index in [1.165, 1.54) is 36.7 Å². The van der Waals surface area contributed by atoms with E-state index in [4.69, 9.17) is 0 Å². The summed E-state index contributed by atoms with van der Waals surface area (Å²) in [7, 11) is -7.49.